The van der Waals surface area contributed by atoms with Crippen LogP contribution in [0.2, 0.25) is 0 Å². The number of fused-ring (bicyclic) bond motifs is 1. The molecule has 0 N–H and O–H groups in total. The number of carbonyl (C=O) groups excluding carboxylic acids is 1. The molecule has 1 saturated heterocycles. The Balaban J connectivity index is 1.54. The first-order valence-electron chi connectivity index (χ1n) is 8.88. The molecule has 5 nitrogen and oxygen atoms in total. The summed E-state index contributed by atoms with van der Waals surface area (Å²) in [6, 6.07) is 5.92. The normalized spacial score (nSPS) is 21.1. The number of hydrogen-bond donors (Lipinski definition) is 0. The van der Waals surface area contributed by atoms with Gasteiger partial charge in [0.1, 0.15) is 0 Å². The lowest BCUT2D eigenvalue weighted by Gasteiger charge is -2.25. The number of aliphatic imine (C=N–C) groups is 1. The number of aryl methyl sites for hydroxylation is 1. The van der Waals surface area contributed by atoms with Gasteiger partial charge in [0.05, 0.1) is 31.9 Å². The molecule has 1 heterocycles. The van der Waals surface area contributed by atoms with Crippen molar-refractivity contribution in [2.24, 2.45) is 4.99 Å². The fraction of sp³-hybridized carbons (Fsp3) is 0.579. The molecule has 0 spiro atoms. The first kappa shape index (κ1) is 17.1. The van der Waals surface area contributed by atoms with Gasteiger partial charge in [0.25, 0.3) is 0 Å². The smallest absolute Gasteiger partial charge is 0.338 e. The van der Waals surface area contributed by atoms with Crippen molar-refractivity contribution in [2.75, 3.05) is 46.0 Å². The SMILES string of the molecule is CCOC(=O)c1ccc2c(c1)CCC2C=NCCN1CCOCC1. The van der Waals surface area contributed by atoms with Crippen molar-refractivity contribution in [2.45, 2.75) is 25.7 Å². The molecule has 24 heavy (non-hydrogen) atoms. The van der Waals surface area contributed by atoms with Crippen LogP contribution in [0.1, 0.15) is 40.7 Å². The highest BCUT2D eigenvalue weighted by Gasteiger charge is 2.22. The van der Waals surface area contributed by atoms with E-state index in [0.29, 0.717) is 18.1 Å². The Bertz CT molecular complexity index is 594. The van der Waals surface area contributed by atoms with Gasteiger partial charge in [-0.25, -0.2) is 4.79 Å². The van der Waals surface area contributed by atoms with Gasteiger partial charge in [-0.2, -0.15) is 0 Å². The molecule has 5 heteroatoms. The van der Waals surface area contributed by atoms with Crippen molar-refractivity contribution in [1.29, 1.82) is 0 Å². The summed E-state index contributed by atoms with van der Waals surface area (Å²) in [7, 11) is 0. The number of benzene rings is 1. The van der Waals surface area contributed by atoms with Gasteiger partial charge in [-0.05, 0) is 43.0 Å². The summed E-state index contributed by atoms with van der Waals surface area (Å²) in [5.41, 5.74) is 3.21. The van der Waals surface area contributed by atoms with E-state index in [1.54, 1.807) is 0 Å². The molecule has 1 aliphatic heterocycles. The van der Waals surface area contributed by atoms with E-state index in [9.17, 15) is 4.79 Å². The number of esters is 1. The van der Waals surface area contributed by atoms with Gasteiger partial charge in [0.15, 0.2) is 0 Å². The molecule has 0 saturated carbocycles. The Morgan fingerprint density at radius 1 is 1.42 bits per heavy atom. The van der Waals surface area contributed by atoms with Crippen LogP contribution in [0, 0.1) is 0 Å². The van der Waals surface area contributed by atoms with Crippen LogP contribution >= 0.6 is 0 Å². The van der Waals surface area contributed by atoms with Gasteiger partial charge < -0.3 is 9.47 Å². The van der Waals surface area contributed by atoms with Crippen LogP contribution < -0.4 is 0 Å². The van der Waals surface area contributed by atoms with E-state index < -0.39 is 0 Å². The van der Waals surface area contributed by atoms with Gasteiger partial charge in [0.2, 0.25) is 0 Å². The predicted octanol–water partition coefficient (Wildman–Crippen LogP) is 2.30. The molecule has 0 radical (unpaired) electrons. The zero-order valence-electron chi connectivity index (χ0n) is 14.4. The molecule has 1 aromatic rings. The molecule has 1 unspecified atom stereocenters. The predicted molar refractivity (Wildman–Crippen MR) is 94.1 cm³/mol. The van der Waals surface area contributed by atoms with E-state index in [-0.39, 0.29) is 5.97 Å². The van der Waals surface area contributed by atoms with Crippen molar-refractivity contribution < 1.29 is 14.3 Å². The van der Waals surface area contributed by atoms with Crippen molar-refractivity contribution >= 4 is 12.2 Å². The van der Waals surface area contributed by atoms with E-state index >= 15 is 0 Å². The molecule has 0 bridgehead atoms. The van der Waals surface area contributed by atoms with E-state index in [4.69, 9.17) is 9.47 Å². The fourth-order valence-corrected chi connectivity index (χ4v) is 3.37. The minimum atomic E-state index is -0.233. The third-order valence-corrected chi connectivity index (χ3v) is 4.71. The second-order valence-electron chi connectivity index (χ2n) is 6.29. The lowest BCUT2D eigenvalue weighted by molar-refractivity contribution is 0.0394. The largest absolute Gasteiger partial charge is 0.462 e. The summed E-state index contributed by atoms with van der Waals surface area (Å²) < 4.78 is 10.4. The van der Waals surface area contributed by atoms with Crippen LogP contribution in [0.5, 0.6) is 0 Å². The third-order valence-electron chi connectivity index (χ3n) is 4.71. The highest BCUT2D eigenvalue weighted by atomic mass is 16.5. The van der Waals surface area contributed by atoms with Crippen LogP contribution in [0.15, 0.2) is 23.2 Å². The van der Waals surface area contributed by atoms with Gasteiger partial charge in [-0.15, -0.1) is 0 Å². The van der Waals surface area contributed by atoms with Gasteiger partial charge >= 0.3 is 5.97 Å². The molecule has 1 aromatic carbocycles. The molecule has 1 fully saturated rings. The maximum Gasteiger partial charge on any atom is 0.338 e. The van der Waals surface area contributed by atoms with Gasteiger partial charge in [-0.1, -0.05) is 6.07 Å². The zero-order valence-corrected chi connectivity index (χ0v) is 14.4. The van der Waals surface area contributed by atoms with Crippen LogP contribution in [-0.2, 0) is 15.9 Å². The summed E-state index contributed by atoms with van der Waals surface area (Å²) in [6.07, 6.45) is 4.17. The van der Waals surface area contributed by atoms with Crippen molar-refractivity contribution in [3.63, 3.8) is 0 Å². The van der Waals surface area contributed by atoms with Crippen molar-refractivity contribution in [3.8, 4) is 0 Å². The Labute approximate surface area is 143 Å². The average Bonchev–Trinajstić information content (AvgIpc) is 3.02. The van der Waals surface area contributed by atoms with Crippen LogP contribution in [-0.4, -0.2) is 63.1 Å². The first-order valence-corrected chi connectivity index (χ1v) is 8.88. The van der Waals surface area contributed by atoms with Crippen LogP contribution in [0.3, 0.4) is 0 Å². The Morgan fingerprint density at radius 3 is 3.04 bits per heavy atom. The molecule has 1 atom stereocenters. The lowest BCUT2D eigenvalue weighted by Crippen LogP contribution is -2.37. The van der Waals surface area contributed by atoms with Crippen molar-refractivity contribution in [1.82, 2.24) is 4.90 Å². The van der Waals surface area contributed by atoms with E-state index in [0.717, 1.165) is 52.2 Å². The van der Waals surface area contributed by atoms with Gasteiger partial charge in [-0.3, -0.25) is 9.89 Å². The van der Waals surface area contributed by atoms with E-state index in [2.05, 4.69) is 22.2 Å². The minimum Gasteiger partial charge on any atom is -0.462 e. The average molecular weight is 330 g/mol. The molecule has 0 aromatic heterocycles. The number of ether oxygens (including phenoxy) is 2. The third kappa shape index (κ3) is 4.22. The highest BCUT2D eigenvalue weighted by molar-refractivity contribution is 5.90. The maximum absolute atomic E-state index is 11.8. The second kappa shape index (κ2) is 8.40. The highest BCUT2D eigenvalue weighted by Crippen LogP contribution is 2.32. The number of carbonyl (C=O) groups is 1. The van der Waals surface area contributed by atoms with E-state index in [1.807, 2.05) is 19.1 Å². The quantitative estimate of drug-likeness (QED) is 0.593. The molecule has 1 aliphatic carbocycles. The summed E-state index contributed by atoms with van der Waals surface area (Å²) in [5.74, 6) is 0.142. The monoisotopic (exact) mass is 330 g/mol. The molecular weight excluding hydrogens is 304 g/mol. The number of morpholine rings is 1. The summed E-state index contributed by atoms with van der Waals surface area (Å²) >= 11 is 0. The summed E-state index contributed by atoms with van der Waals surface area (Å²) in [6.45, 7) is 7.78. The standard InChI is InChI=1S/C19H26N2O3/c1-2-24-19(22)16-5-6-18-15(13-16)3-4-17(18)14-20-7-8-21-9-11-23-12-10-21/h5-6,13-14,17H,2-4,7-12H2,1H3. The van der Waals surface area contributed by atoms with E-state index in [1.165, 1.54) is 11.1 Å². The Kier molecular flexibility index (Phi) is 5.99. The zero-order chi connectivity index (χ0) is 16.8. The lowest BCUT2D eigenvalue weighted by atomic mass is 10.0. The minimum absolute atomic E-state index is 0.233. The maximum atomic E-state index is 11.8. The summed E-state index contributed by atoms with van der Waals surface area (Å²) in [4.78, 5) is 18.9. The molecule has 3 rings (SSSR count). The number of hydrogen-bond acceptors (Lipinski definition) is 5. The molecule has 2 aliphatic rings. The Morgan fingerprint density at radius 2 is 2.25 bits per heavy atom. The fourth-order valence-electron chi connectivity index (χ4n) is 3.37. The second-order valence-corrected chi connectivity index (χ2v) is 6.29. The van der Waals surface area contributed by atoms with Gasteiger partial charge in [0, 0.05) is 31.8 Å². The van der Waals surface area contributed by atoms with Crippen LogP contribution in [0.4, 0.5) is 0 Å². The van der Waals surface area contributed by atoms with Crippen molar-refractivity contribution in [3.05, 3.63) is 34.9 Å². The Hall–Kier alpha value is -1.72. The topological polar surface area (TPSA) is 51.1 Å². The first-order chi connectivity index (χ1) is 11.8. The molecule has 130 valence electrons. The van der Waals surface area contributed by atoms with Crippen LogP contribution in [0.25, 0.3) is 0 Å². The molecule has 0 amide bonds. The number of nitrogens with zero attached hydrogens (tertiary/aromatic N) is 2. The summed E-state index contributed by atoms with van der Waals surface area (Å²) in [5, 5.41) is 0. The number of rotatable bonds is 6. The molecular formula is C19H26N2O3.